The van der Waals surface area contributed by atoms with Gasteiger partial charge >= 0.3 is 0 Å². The minimum absolute atomic E-state index is 0.0641. The molecule has 2 amide bonds. The molecule has 18 heavy (non-hydrogen) atoms. The van der Waals surface area contributed by atoms with Crippen molar-refractivity contribution in [2.75, 3.05) is 13.1 Å². The Morgan fingerprint density at radius 2 is 1.89 bits per heavy atom. The molecule has 0 unspecified atom stereocenters. The van der Waals surface area contributed by atoms with Gasteiger partial charge in [-0.15, -0.1) is 0 Å². The summed E-state index contributed by atoms with van der Waals surface area (Å²) in [5.74, 6) is -0.529. The number of hydrogen-bond acceptors (Lipinski definition) is 4. The van der Waals surface area contributed by atoms with Crippen LogP contribution >= 0.6 is 0 Å². The fourth-order valence-electron chi connectivity index (χ4n) is 1.89. The van der Waals surface area contributed by atoms with E-state index < -0.39 is 0 Å². The van der Waals surface area contributed by atoms with E-state index >= 15 is 0 Å². The molecule has 0 aromatic rings. The van der Waals surface area contributed by atoms with Gasteiger partial charge in [0.25, 0.3) is 0 Å². The lowest BCUT2D eigenvalue weighted by Gasteiger charge is -2.12. The predicted octanol–water partition coefficient (Wildman–Crippen LogP) is 0.998. The van der Waals surface area contributed by atoms with E-state index in [9.17, 15) is 14.4 Å². The SMILES string of the molecule is C=C(CCCC(=O)CN1C(=O)CCC1=O)NCC. The van der Waals surface area contributed by atoms with E-state index in [-0.39, 0.29) is 37.0 Å². The zero-order valence-electron chi connectivity index (χ0n) is 10.8. The molecule has 0 saturated carbocycles. The average molecular weight is 252 g/mol. The molecule has 5 heteroatoms. The lowest BCUT2D eigenvalue weighted by Crippen LogP contribution is -2.34. The van der Waals surface area contributed by atoms with Crippen LogP contribution in [0.5, 0.6) is 0 Å². The molecule has 0 atom stereocenters. The van der Waals surface area contributed by atoms with Crippen LogP contribution in [0, 0.1) is 0 Å². The van der Waals surface area contributed by atoms with E-state index in [0.29, 0.717) is 12.8 Å². The topological polar surface area (TPSA) is 66.5 Å². The largest absolute Gasteiger partial charge is 0.389 e. The molecule has 1 rings (SSSR count). The zero-order valence-corrected chi connectivity index (χ0v) is 10.8. The molecule has 0 aromatic carbocycles. The van der Waals surface area contributed by atoms with Gasteiger partial charge < -0.3 is 5.32 Å². The highest BCUT2D eigenvalue weighted by molar-refractivity contribution is 6.04. The Morgan fingerprint density at radius 3 is 2.44 bits per heavy atom. The maximum Gasteiger partial charge on any atom is 0.230 e. The van der Waals surface area contributed by atoms with Crippen LogP contribution in [0.25, 0.3) is 0 Å². The molecule has 0 aliphatic carbocycles. The van der Waals surface area contributed by atoms with Crippen molar-refractivity contribution in [1.82, 2.24) is 10.2 Å². The van der Waals surface area contributed by atoms with Crippen LogP contribution in [0.1, 0.15) is 39.0 Å². The molecule has 0 aromatic heterocycles. The molecule has 1 aliphatic rings. The first kappa shape index (κ1) is 14.4. The summed E-state index contributed by atoms with van der Waals surface area (Å²) in [7, 11) is 0. The summed E-state index contributed by atoms with van der Waals surface area (Å²) in [4.78, 5) is 35.3. The third-order valence-electron chi connectivity index (χ3n) is 2.85. The van der Waals surface area contributed by atoms with Gasteiger partial charge in [-0.25, -0.2) is 0 Å². The summed E-state index contributed by atoms with van der Waals surface area (Å²) in [5, 5.41) is 3.08. The Bertz CT molecular complexity index is 347. The number of nitrogens with zero attached hydrogens (tertiary/aromatic N) is 1. The Kier molecular flexibility index (Phi) is 5.55. The number of carbonyl (C=O) groups excluding carboxylic acids is 3. The van der Waals surface area contributed by atoms with Crippen LogP contribution in [0.2, 0.25) is 0 Å². The molecule has 1 saturated heterocycles. The number of amides is 2. The van der Waals surface area contributed by atoms with Crippen LogP contribution < -0.4 is 5.32 Å². The van der Waals surface area contributed by atoms with E-state index in [4.69, 9.17) is 0 Å². The lowest BCUT2D eigenvalue weighted by atomic mass is 10.1. The molecule has 100 valence electrons. The zero-order chi connectivity index (χ0) is 13.5. The maximum atomic E-state index is 11.6. The fourth-order valence-corrected chi connectivity index (χ4v) is 1.89. The smallest absolute Gasteiger partial charge is 0.230 e. The second-order valence-electron chi connectivity index (χ2n) is 4.40. The summed E-state index contributed by atoms with van der Waals surface area (Å²) in [5.41, 5.74) is 0.915. The third kappa shape index (κ3) is 4.31. The summed E-state index contributed by atoms with van der Waals surface area (Å²) >= 11 is 0. The van der Waals surface area contributed by atoms with Gasteiger partial charge in [0, 0.05) is 31.5 Å². The molecule has 5 nitrogen and oxygen atoms in total. The van der Waals surface area contributed by atoms with Crippen molar-refractivity contribution in [3.63, 3.8) is 0 Å². The van der Waals surface area contributed by atoms with E-state index in [1.54, 1.807) is 0 Å². The highest BCUT2D eigenvalue weighted by Gasteiger charge is 2.29. The monoisotopic (exact) mass is 252 g/mol. The van der Waals surface area contributed by atoms with Gasteiger partial charge in [-0.3, -0.25) is 19.3 Å². The van der Waals surface area contributed by atoms with Crippen molar-refractivity contribution in [2.45, 2.75) is 39.0 Å². The molecule has 1 heterocycles. The van der Waals surface area contributed by atoms with Crippen molar-refractivity contribution in [3.8, 4) is 0 Å². The van der Waals surface area contributed by atoms with E-state index in [0.717, 1.165) is 23.6 Å². The Hall–Kier alpha value is -1.65. The number of rotatable bonds is 8. The molecular weight excluding hydrogens is 232 g/mol. The minimum Gasteiger partial charge on any atom is -0.389 e. The molecule has 1 N–H and O–H groups in total. The number of hydrogen-bond donors (Lipinski definition) is 1. The standard InChI is InChI=1S/C13H20N2O3/c1-3-14-10(2)5-4-6-11(16)9-15-12(17)7-8-13(15)18/h14H,2-9H2,1H3. The summed E-state index contributed by atoms with van der Waals surface area (Å²) in [6.45, 7) is 6.57. The van der Waals surface area contributed by atoms with Crippen molar-refractivity contribution in [2.24, 2.45) is 0 Å². The number of ketones is 1. The van der Waals surface area contributed by atoms with E-state index in [1.807, 2.05) is 6.92 Å². The van der Waals surface area contributed by atoms with Crippen molar-refractivity contribution in [1.29, 1.82) is 0 Å². The van der Waals surface area contributed by atoms with Gasteiger partial charge in [0.2, 0.25) is 11.8 Å². The fraction of sp³-hybridized carbons (Fsp3) is 0.615. The van der Waals surface area contributed by atoms with Gasteiger partial charge in [0.15, 0.2) is 5.78 Å². The van der Waals surface area contributed by atoms with Gasteiger partial charge in [-0.05, 0) is 19.8 Å². The molecule has 0 spiro atoms. The van der Waals surface area contributed by atoms with Gasteiger partial charge in [-0.2, -0.15) is 0 Å². The first-order valence-corrected chi connectivity index (χ1v) is 6.31. The summed E-state index contributed by atoms with van der Waals surface area (Å²) < 4.78 is 0. The molecule has 1 fully saturated rings. The van der Waals surface area contributed by atoms with E-state index in [2.05, 4.69) is 11.9 Å². The second-order valence-corrected chi connectivity index (χ2v) is 4.40. The molecule has 0 radical (unpaired) electrons. The van der Waals surface area contributed by atoms with Crippen LogP contribution in [-0.4, -0.2) is 35.6 Å². The molecular formula is C13H20N2O3. The van der Waals surface area contributed by atoms with Gasteiger partial charge in [0.1, 0.15) is 0 Å². The third-order valence-corrected chi connectivity index (χ3v) is 2.85. The van der Waals surface area contributed by atoms with Crippen LogP contribution in [-0.2, 0) is 14.4 Å². The Morgan fingerprint density at radius 1 is 1.28 bits per heavy atom. The average Bonchev–Trinajstić information content (AvgIpc) is 2.61. The van der Waals surface area contributed by atoms with Crippen LogP contribution in [0.15, 0.2) is 12.3 Å². The number of nitrogens with one attached hydrogen (secondary N) is 1. The first-order valence-electron chi connectivity index (χ1n) is 6.31. The van der Waals surface area contributed by atoms with Crippen molar-refractivity contribution < 1.29 is 14.4 Å². The van der Waals surface area contributed by atoms with Gasteiger partial charge in [0.05, 0.1) is 6.54 Å². The van der Waals surface area contributed by atoms with Gasteiger partial charge in [-0.1, -0.05) is 6.58 Å². The number of Topliss-reactive ketones (excluding diaryl/α,β-unsaturated/α-hetero) is 1. The minimum atomic E-state index is -0.231. The number of carbonyl (C=O) groups is 3. The number of imide groups is 1. The van der Waals surface area contributed by atoms with Crippen LogP contribution in [0.3, 0.4) is 0 Å². The quantitative estimate of drug-likeness (QED) is 0.654. The maximum absolute atomic E-state index is 11.6. The number of likely N-dealkylation sites (tertiary alicyclic amines) is 1. The number of allylic oxidation sites excluding steroid dienone is 1. The van der Waals surface area contributed by atoms with E-state index in [1.165, 1.54) is 0 Å². The normalized spacial score (nSPS) is 15.1. The summed E-state index contributed by atoms with van der Waals surface area (Å²) in [6, 6.07) is 0. The van der Waals surface area contributed by atoms with Crippen molar-refractivity contribution >= 4 is 17.6 Å². The van der Waals surface area contributed by atoms with Crippen molar-refractivity contribution in [3.05, 3.63) is 12.3 Å². The lowest BCUT2D eigenvalue weighted by molar-refractivity contribution is -0.141. The highest BCUT2D eigenvalue weighted by atomic mass is 16.2. The Balaban J connectivity index is 2.23. The predicted molar refractivity (Wildman–Crippen MR) is 67.6 cm³/mol. The highest BCUT2D eigenvalue weighted by Crippen LogP contribution is 2.12. The van der Waals surface area contributed by atoms with Crippen LogP contribution in [0.4, 0.5) is 0 Å². The Labute approximate surface area is 107 Å². The second kappa shape index (κ2) is 6.93. The molecule has 0 bridgehead atoms. The first-order chi connectivity index (χ1) is 8.54. The molecule has 1 aliphatic heterocycles. The summed E-state index contributed by atoms with van der Waals surface area (Å²) in [6.07, 6.45) is 2.29.